The van der Waals surface area contributed by atoms with Crippen LogP contribution in [0.1, 0.15) is 56.6 Å². The second kappa shape index (κ2) is 9.22. The highest BCUT2D eigenvalue weighted by Gasteiger charge is 2.38. The van der Waals surface area contributed by atoms with Crippen molar-refractivity contribution < 1.29 is 4.74 Å². The molecule has 8 nitrogen and oxygen atoms in total. The molecule has 0 spiro atoms. The van der Waals surface area contributed by atoms with Crippen LogP contribution in [0.4, 0.5) is 0 Å². The number of fused-ring (bicyclic) bond motifs is 1. The number of guanidine groups is 1. The molecule has 3 aliphatic rings. The Morgan fingerprint density at radius 1 is 1.04 bits per heavy atom. The molecule has 1 aliphatic carbocycles. The zero-order chi connectivity index (χ0) is 19.2. The summed E-state index contributed by atoms with van der Waals surface area (Å²) in [6.07, 6.45) is 9.99. The summed E-state index contributed by atoms with van der Waals surface area (Å²) in [5.41, 5.74) is 0.230. The number of nitrogens with zero attached hydrogens (tertiary/aromatic N) is 5. The first-order valence-electron chi connectivity index (χ1n) is 11.0. The van der Waals surface area contributed by atoms with E-state index in [1.807, 2.05) is 7.05 Å². The predicted octanol–water partition coefficient (Wildman–Crippen LogP) is 1.31. The highest BCUT2D eigenvalue weighted by atomic mass is 16.5. The van der Waals surface area contributed by atoms with Gasteiger partial charge in [0.15, 0.2) is 11.8 Å². The lowest BCUT2D eigenvalue weighted by atomic mass is 9.80. The van der Waals surface area contributed by atoms with Gasteiger partial charge in [0.25, 0.3) is 0 Å². The van der Waals surface area contributed by atoms with Gasteiger partial charge < -0.3 is 19.9 Å². The molecule has 2 fully saturated rings. The van der Waals surface area contributed by atoms with Crippen molar-refractivity contribution in [2.45, 2.75) is 70.0 Å². The fraction of sp³-hybridized carbons (Fsp3) is 0.850. The first-order valence-corrected chi connectivity index (χ1v) is 11.0. The molecule has 4 rings (SSSR count). The Morgan fingerprint density at radius 3 is 2.64 bits per heavy atom. The molecule has 0 atom stereocenters. The van der Waals surface area contributed by atoms with Crippen molar-refractivity contribution in [3.8, 4) is 0 Å². The van der Waals surface area contributed by atoms with Crippen molar-refractivity contribution in [2.24, 2.45) is 4.99 Å². The molecule has 0 radical (unpaired) electrons. The van der Waals surface area contributed by atoms with E-state index >= 15 is 0 Å². The van der Waals surface area contributed by atoms with Gasteiger partial charge in [0, 0.05) is 45.2 Å². The van der Waals surface area contributed by atoms with E-state index in [2.05, 4.69) is 35.3 Å². The Labute approximate surface area is 168 Å². The zero-order valence-corrected chi connectivity index (χ0v) is 17.3. The molecular formula is C20H35N7O. The number of ether oxygens (including phenoxy) is 1. The zero-order valence-electron chi connectivity index (χ0n) is 17.3. The molecule has 0 amide bonds. The van der Waals surface area contributed by atoms with Crippen molar-refractivity contribution in [1.82, 2.24) is 30.3 Å². The molecule has 28 heavy (non-hydrogen) atoms. The normalized spacial score (nSPS) is 23.2. The van der Waals surface area contributed by atoms with Gasteiger partial charge in [-0.25, -0.2) is 0 Å². The van der Waals surface area contributed by atoms with Crippen molar-refractivity contribution in [3.63, 3.8) is 0 Å². The Balaban J connectivity index is 1.35. The van der Waals surface area contributed by atoms with Gasteiger partial charge in [0.05, 0.1) is 19.8 Å². The molecule has 1 saturated heterocycles. The Kier molecular flexibility index (Phi) is 6.47. The van der Waals surface area contributed by atoms with Crippen molar-refractivity contribution in [3.05, 3.63) is 11.6 Å². The van der Waals surface area contributed by atoms with E-state index in [9.17, 15) is 0 Å². The van der Waals surface area contributed by atoms with Gasteiger partial charge in [0.2, 0.25) is 0 Å². The fourth-order valence-corrected chi connectivity index (χ4v) is 4.98. The third kappa shape index (κ3) is 4.33. The summed E-state index contributed by atoms with van der Waals surface area (Å²) >= 11 is 0. The quantitative estimate of drug-likeness (QED) is 0.584. The molecule has 0 aromatic carbocycles. The van der Waals surface area contributed by atoms with Crippen LogP contribution in [0, 0.1) is 0 Å². The fourth-order valence-electron chi connectivity index (χ4n) is 4.98. The van der Waals surface area contributed by atoms with Crippen LogP contribution in [-0.2, 0) is 24.2 Å². The lowest BCUT2D eigenvalue weighted by Crippen LogP contribution is -2.60. The Hall–Kier alpha value is -1.67. The molecule has 8 heteroatoms. The maximum absolute atomic E-state index is 5.59. The number of hydrogen-bond donors (Lipinski definition) is 2. The summed E-state index contributed by atoms with van der Waals surface area (Å²) in [5, 5.41) is 15.8. The minimum absolute atomic E-state index is 0.230. The van der Waals surface area contributed by atoms with Gasteiger partial charge in [0.1, 0.15) is 5.82 Å². The second-order valence-electron chi connectivity index (χ2n) is 8.30. The number of hydrogen-bond acceptors (Lipinski definition) is 5. The van der Waals surface area contributed by atoms with Crippen LogP contribution in [0.3, 0.4) is 0 Å². The largest absolute Gasteiger partial charge is 0.379 e. The summed E-state index contributed by atoms with van der Waals surface area (Å²) < 4.78 is 7.86. The first-order chi connectivity index (χ1) is 13.8. The number of nitrogens with one attached hydrogen (secondary N) is 2. The van der Waals surface area contributed by atoms with Crippen LogP contribution in [0.15, 0.2) is 4.99 Å². The summed E-state index contributed by atoms with van der Waals surface area (Å²) in [6, 6.07) is 0. The summed E-state index contributed by atoms with van der Waals surface area (Å²) in [4.78, 5) is 7.11. The van der Waals surface area contributed by atoms with Crippen molar-refractivity contribution in [1.29, 1.82) is 0 Å². The minimum Gasteiger partial charge on any atom is -0.379 e. The first kappa shape index (κ1) is 19.6. The summed E-state index contributed by atoms with van der Waals surface area (Å²) in [7, 11) is 1.84. The van der Waals surface area contributed by atoms with E-state index in [1.54, 1.807) is 0 Å². The summed E-state index contributed by atoms with van der Waals surface area (Å²) in [6.45, 7) is 6.42. The van der Waals surface area contributed by atoms with Gasteiger partial charge in [-0.05, 0) is 25.7 Å². The summed E-state index contributed by atoms with van der Waals surface area (Å²) in [5.74, 6) is 2.99. The molecule has 1 aromatic heterocycles. The molecule has 3 heterocycles. The number of aryl methyl sites for hydroxylation is 1. The van der Waals surface area contributed by atoms with Gasteiger partial charge in [-0.1, -0.05) is 19.3 Å². The third-order valence-electron chi connectivity index (χ3n) is 6.62. The van der Waals surface area contributed by atoms with Crippen LogP contribution in [0.25, 0.3) is 0 Å². The number of aromatic nitrogens is 3. The van der Waals surface area contributed by atoms with Gasteiger partial charge >= 0.3 is 0 Å². The van der Waals surface area contributed by atoms with E-state index in [4.69, 9.17) is 4.74 Å². The monoisotopic (exact) mass is 389 g/mol. The second-order valence-corrected chi connectivity index (χ2v) is 8.30. The molecule has 0 unspecified atom stereocenters. The van der Waals surface area contributed by atoms with E-state index < -0.39 is 0 Å². The van der Waals surface area contributed by atoms with Crippen LogP contribution < -0.4 is 10.6 Å². The molecule has 0 bridgehead atoms. The number of aliphatic imine (C=N–C) groups is 1. The van der Waals surface area contributed by atoms with Crippen LogP contribution in [0.5, 0.6) is 0 Å². The van der Waals surface area contributed by atoms with Crippen molar-refractivity contribution >= 4 is 5.96 Å². The molecule has 2 aliphatic heterocycles. The minimum atomic E-state index is 0.230. The van der Waals surface area contributed by atoms with Crippen LogP contribution >= 0.6 is 0 Å². The predicted molar refractivity (Wildman–Crippen MR) is 109 cm³/mol. The molecule has 1 aromatic rings. The van der Waals surface area contributed by atoms with Crippen LogP contribution in [-0.4, -0.2) is 71.1 Å². The highest BCUT2D eigenvalue weighted by molar-refractivity contribution is 5.79. The SMILES string of the molecule is CN=C(NCc1nnc2n1CCCC2)NCC1(N2CCOCC2)CCCCC1. The standard InChI is InChI=1S/C20H35N7O/c1-21-19(22-15-18-25-24-17-7-3-6-10-27(17)18)23-16-20(8-4-2-5-9-20)26-11-13-28-14-12-26/h2-16H2,1H3,(H2,21,22,23). The van der Waals surface area contributed by atoms with Crippen molar-refractivity contribution in [2.75, 3.05) is 39.9 Å². The van der Waals surface area contributed by atoms with E-state index in [-0.39, 0.29) is 5.54 Å². The topological polar surface area (TPSA) is 79.6 Å². The maximum Gasteiger partial charge on any atom is 0.191 e. The van der Waals surface area contributed by atoms with E-state index in [0.29, 0.717) is 6.54 Å². The number of rotatable bonds is 5. The average Bonchev–Trinajstić information content (AvgIpc) is 3.18. The highest BCUT2D eigenvalue weighted by Crippen LogP contribution is 2.33. The number of morpholine rings is 1. The maximum atomic E-state index is 5.59. The molecular weight excluding hydrogens is 354 g/mol. The van der Waals surface area contributed by atoms with Gasteiger partial charge in [-0.15, -0.1) is 10.2 Å². The third-order valence-corrected chi connectivity index (χ3v) is 6.62. The average molecular weight is 390 g/mol. The lowest BCUT2D eigenvalue weighted by Gasteiger charge is -2.48. The van der Waals surface area contributed by atoms with Gasteiger partial charge in [-0.2, -0.15) is 0 Å². The van der Waals surface area contributed by atoms with E-state index in [1.165, 1.54) is 44.9 Å². The van der Waals surface area contributed by atoms with Gasteiger partial charge in [-0.3, -0.25) is 9.89 Å². The molecule has 156 valence electrons. The van der Waals surface area contributed by atoms with Crippen LogP contribution in [0.2, 0.25) is 0 Å². The molecule has 1 saturated carbocycles. The van der Waals surface area contributed by atoms with E-state index in [0.717, 1.165) is 63.4 Å². The Bertz CT molecular complexity index is 660. The Morgan fingerprint density at radius 2 is 1.86 bits per heavy atom. The lowest BCUT2D eigenvalue weighted by molar-refractivity contribution is -0.0352. The smallest absolute Gasteiger partial charge is 0.191 e. The molecule has 2 N–H and O–H groups in total.